The average molecular weight is 476 g/mol. The summed E-state index contributed by atoms with van der Waals surface area (Å²) in [6.45, 7) is 3.60. The first kappa shape index (κ1) is 22.5. The molecule has 0 saturated heterocycles. The van der Waals surface area contributed by atoms with Gasteiger partial charge in [-0.3, -0.25) is 4.79 Å². The Bertz CT molecular complexity index is 1120. The number of esters is 1. The first-order chi connectivity index (χ1) is 15.4. The van der Waals surface area contributed by atoms with E-state index in [9.17, 15) is 14.0 Å². The molecular weight excluding hydrogens is 453 g/mol. The van der Waals surface area contributed by atoms with Gasteiger partial charge in [0, 0.05) is 10.4 Å². The van der Waals surface area contributed by atoms with Crippen molar-refractivity contribution < 1.29 is 23.1 Å². The molecule has 0 radical (unpaired) electrons. The van der Waals surface area contributed by atoms with Crippen molar-refractivity contribution in [1.29, 1.82) is 0 Å². The summed E-state index contributed by atoms with van der Waals surface area (Å²) in [6, 6.07) is 5.70. The number of amides is 1. The van der Waals surface area contributed by atoms with Crippen LogP contribution in [0.4, 0.5) is 9.39 Å². The summed E-state index contributed by atoms with van der Waals surface area (Å²) in [5.41, 5.74) is 2.07. The fraction of sp³-hybridized carbons (Fsp3) is 0.364. The minimum absolute atomic E-state index is 0.0340. The van der Waals surface area contributed by atoms with Crippen molar-refractivity contribution in [2.75, 3.05) is 11.1 Å². The Morgan fingerprint density at radius 1 is 1.22 bits per heavy atom. The van der Waals surface area contributed by atoms with E-state index in [1.54, 1.807) is 26.0 Å². The lowest BCUT2D eigenvalue weighted by Gasteiger charge is -2.14. The highest BCUT2D eigenvalue weighted by Gasteiger charge is 2.28. The lowest BCUT2D eigenvalue weighted by atomic mass is 9.95. The number of halogens is 1. The van der Waals surface area contributed by atoms with Crippen molar-refractivity contribution >= 4 is 40.0 Å². The van der Waals surface area contributed by atoms with Gasteiger partial charge in [0.1, 0.15) is 10.8 Å². The quantitative estimate of drug-likeness (QED) is 0.375. The van der Waals surface area contributed by atoms with E-state index < -0.39 is 5.97 Å². The smallest absolute Gasteiger partial charge is 0.341 e. The Kier molecular flexibility index (Phi) is 6.90. The maximum absolute atomic E-state index is 13.1. The largest absolute Gasteiger partial charge is 0.459 e. The Morgan fingerprint density at radius 2 is 1.97 bits per heavy atom. The molecule has 10 heteroatoms. The number of carbonyl (C=O) groups is 2. The molecule has 0 fully saturated rings. The summed E-state index contributed by atoms with van der Waals surface area (Å²) >= 11 is 2.53. The van der Waals surface area contributed by atoms with Crippen molar-refractivity contribution in [3.05, 3.63) is 46.1 Å². The lowest BCUT2D eigenvalue weighted by molar-refractivity contribution is -0.113. The highest BCUT2D eigenvalue weighted by Crippen LogP contribution is 2.39. The fourth-order valence-electron chi connectivity index (χ4n) is 3.41. The highest BCUT2D eigenvalue weighted by molar-refractivity contribution is 7.99. The monoisotopic (exact) mass is 475 g/mol. The van der Waals surface area contributed by atoms with E-state index in [2.05, 4.69) is 15.5 Å². The number of carbonyl (C=O) groups excluding carboxylic acids is 2. The molecule has 0 aliphatic heterocycles. The van der Waals surface area contributed by atoms with Crippen LogP contribution in [0.25, 0.3) is 11.5 Å². The Balaban J connectivity index is 1.43. The second-order valence-electron chi connectivity index (χ2n) is 7.59. The second-order valence-corrected chi connectivity index (χ2v) is 9.62. The number of ether oxygens (including phenoxy) is 1. The number of thiophene rings is 1. The summed E-state index contributed by atoms with van der Waals surface area (Å²) in [5, 5.41) is 11.5. The van der Waals surface area contributed by atoms with Crippen LogP contribution in [-0.4, -0.2) is 33.9 Å². The van der Waals surface area contributed by atoms with Crippen molar-refractivity contribution in [1.82, 2.24) is 10.2 Å². The van der Waals surface area contributed by atoms with E-state index in [4.69, 9.17) is 9.15 Å². The molecule has 3 aromatic rings. The van der Waals surface area contributed by atoms with E-state index in [1.165, 1.54) is 23.5 Å². The molecule has 1 aliphatic rings. The average Bonchev–Trinajstić information content (AvgIpc) is 3.36. The molecule has 168 valence electrons. The van der Waals surface area contributed by atoms with E-state index in [-0.39, 0.29) is 34.7 Å². The van der Waals surface area contributed by atoms with Gasteiger partial charge in [-0.15, -0.1) is 21.5 Å². The first-order valence-corrected chi connectivity index (χ1v) is 12.1. The van der Waals surface area contributed by atoms with Gasteiger partial charge in [-0.2, -0.15) is 0 Å². The number of rotatable bonds is 7. The van der Waals surface area contributed by atoms with Gasteiger partial charge >= 0.3 is 5.97 Å². The molecule has 4 rings (SSSR count). The predicted octanol–water partition coefficient (Wildman–Crippen LogP) is 5.11. The second kappa shape index (κ2) is 9.83. The van der Waals surface area contributed by atoms with Crippen LogP contribution < -0.4 is 5.32 Å². The number of aryl methyl sites for hydroxylation is 1. The van der Waals surface area contributed by atoms with Crippen molar-refractivity contribution in [2.45, 2.75) is 50.9 Å². The minimum Gasteiger partial charge on any atom is -0.459 e. The SMILES string of the molecule is CC(C)OC(=O)c1c(NC(=O)CSc2nnc(-c3ccc(F)cc3)o2)sc2c1CCCC2. The summed E-state index contributed by atoms with van der Waals surface area (Å²) in [7, 11) is 0. The van der Waals surface area contributed by atoms with Crippen molar-refractivity contribution in [2.24, 2.45) is 0 Å². The maximum atomic E-state index is 13.1. The van der Waals surface area contributed by atoms with Crippen molar-refractivity contribution in [3.63, 3.8) is 0 Å². The van der Waals surface area contributed by atoms with E-state index in [1.807, 2.05) is 0 Å². The van der Waals surface area contributed by atoms with Crippen LogP contribution >= 0.6 is 23.1 Å². The standard InChI is InChI=1S/C22H22FN3O4S2/c1-12(2)29-21(28)18-15-5-3-4-6-16(15)32-20(18)24-17(27)11-31-22-26-25-19(30-22)13-7-9-14(23)10-8-13/h7-10,12H,3-6,11H2,1-2H3,(H,24,27). The number of hydrogen-bond donors (Lipinski definition) is 1. The van der Waals surface area contributed by atoms with Crippen LogP contribution in [0.3, 0.4) is 0 Å². The lowest BCUT2D eigenvalue weighted by Crippen LogP contribution is -2.18. The van der Waals surface area contributed by atoms with Crippen molar-refractivity contribution in [3.8, 4) is 11.5 Å². The van der Waals surface area contributed by atoms with Gasteiger partial charge in [-0.1, -0.05) is 11.8 Å². The number of benzene rings is 1. The highest BCUT2D eigenvalue weighted by atomic mass is 32.2. The molecule has 0 bridgehead atoms. The zero-order chi connectivity index (χ0) is 22.7. The maximum Gasteiger partial charge on any atom is 0.341 e. The Morgan fingerprint density at radius 3 is 2.72 bits per heavy atom. The van der Waals surface area contributed by atoms with Gasteiger partial charge in [-0.25, -0.2) is 9.18 Å². The molecule has 0 spiro atoms. The summed E-state index contributed by atoms with van der Waals surface area (Å²) in [5.74, 6) is -0.757. The minimum atomic E-state index is -0.400. The number of anilines is 1. The van der Waals surface area contributed by atoms with Crippen LogP contribution in [0.1, 0.15) is 47.5 Å². The van der Waals surface area contributed by atoms with E-state index in [0.29, 0.717) is 16.1 Å². The van der Waals surface area contributed by atoms with Gasteiger partial charge in [0.15, 0.2) is 0 Å². The summed E-state index contributed by atoms with van der Waals surface area (Å²) in [4.78, 5) is 26.4. The molecule has 2 heterocycles. The molecule has 0 saturated carbocycles. The number of fused-ring (bicyclic) bond motifs is 1. The van der Waals surface area contributed by atoms with Gasteiger partial charge in [0.05, 0.1) is 17.4 Å². The number of thioether (sulfide) groups is 1. The Hall–Kier alpha value is -2.72. The molecule has 0 unspecified atom stereocenters. The zero-order valence-electron chi connectivity index (χ0n) is 17.6. The number of nitrogens with one attached hydrogen (secondary N) is 1. The van der Waals surface area contributed by atoms with E-state index in [0.717, 1.165) is 47.9 Å². The molecule has 1 aromatic carbocycles. The summed E-state index contributed by atoms with van der Waals surface area (Å²) < 4.78 is 24.0. The normalized spacial score (nSPS) is 13.1. The molecule has 7 nitrogen and oxygen atoms in total. The number of aromatic nitrogens is 2. The number of hydrogen-bond acceptors (Lipinski definition) is 8. The van der Waals surface area contributed by atoms with E-state index >= 15 is 0 Å². The molecule has 1 N–H and O–H groups in total. The first-order valence-electron chi connectivity index (χ1n) is 10.3. The van der Waals surface area contributed by atoms with Crippen LogP contribution in [0, 0.1) is 5.82 Å². The molecule has 32 heavy (non-hydrogen) atoms. The van der Waals surface area contributed by atoms with Gasteiger partial charge in [-0.05, 0) is 69.4 Å². The van der Waals surface area contributed by atoms with Gasteiger partial charge in [0.25, 0.3) is 5.22 Å². The third kappa shape index (κ3) is 5.18. The third-order valence-corrected chi connectivity index (χ3v) is 6.82. The van der Waals surface area contributed by atoms with Gasteiger partial charge in [0.2, 0.25) is 11.8 Å². The van der Waals surface area contributed by atoms with Crippen LogP contribution in [0.5, 0.6) is 0 Å². The van der Waals surface area contributed by atoms with Crippen LogP contribution in [0.2, 0.25) is 0 Å². The molecule has 2 aromatic heterocycles. The predicted molar refractivity (Wildman–Crippen MR) is 121 cm³/mol. The Labute approximate surface area is 192 Å². The number of nitrogens with zero attached hydrogens (tertiary/aromatic N) is 2. The van der Waals surface area contributed by atoms with Crippen LogP contribution in [-0.2, 0) is 22.4 Å². The molecule has 1 aliphatic carbocycles. The molecule has 1 amide bonds. The fourth-order valence-corrected chi connectivity index (χ4v) is 5.27. The zero-order valence-corrected chi connectivity index (χ0v) is 19.3. The van der Waals surface area contributed by atoms with Gasteiger partial charge < -0.3 is 14.5 Å². The van der Waals surface area contributed by atoms with Crippen LogP contribution in [0.15, 0.2) is 33.9 Å². The molecule has 0 atom stereocenters. The summed E-state index contributed by atoms with van der Waals surface area (Å²) in [6.07, 6.45) is 3.56. The molecular formula is C22H22FN3O4S2. The third-order valence-electron chi connectivity index (χ3n) is 4.80. The topological polar surface area (TPSA) is 94.3 Å².